The van der Waals surface area contributed by atoms with Crippen LogP contribution in [0, 0.1) is 13.8 Å². The quantitative estimate of drug-likeness (QED) is 0.785. The van der Waals surface area contributed by atoms with Crippen LogP contribution in [0.1, 0.15) is 30.4 Å². The van der Waals surface area contributed by atoms with Gasteiger partial charge in [-0.1, -0.05) is 12.1 Å². The molecule has 2 aromatic rings. The molecule has 2 N–H and O–H groups in total. The van der Waals surface area contributed by atoms with E-state index in [0.29, 0.717) is 17.9 Å². The second kappa shape index (κ2) is 7.09. The SMILES string of the molecule is Cc1cccc(NC(=O)CCNc2c(N3CCCC3)c(=O)c2=O)c1C. The van der Waals surface area contributed by atoms with Gasteiger partial charge in [0.25, 0.3) is 10.9 Å². The van der Waals surface area contributed by atoms with Crippen LogP contribution >= 0.6 is 0 Å². The van der Waals surface area contributed by atoms with Gasteiger partial charge >= 0.3 is 0 Å². The average molecular weight is 341 g/mol. The van der Waals surface area contributed by atoms with Crippen LogP contribution in [0.5, 0.6) is 0 Å². The summed E-state index contributed by atoms with van der Waals surface area (Å²) in [5, 5.41) is 5.87. The third kappa shape index (κ3) is 3.43. The Morgan fingerprint density at radius 1 is 1.12 bits per heavy atom. The second-order valence-electron chi connectivity index (χ2n) is 6.55. The summed E-state index contributed by atoms with van der Waals surface area (Å²) in [7, 11) is 0. The van der Waals surface area contributed by atoms with Crippen molar-refractivity contribution in [2.45, 2.75) is 33.1 Å². The van der Waals surface area contributed by atoms with Crippen molar-refractivity contribution in [3.05, 3.63) is 49.8 Å². The summed E-state index contributed by atoms with van der Waals surface area (Å²) in [5.74, 6) is -0.123. The molecule has 25 heavy (non-hydrogen) atoms. The van der Waals surface area contributed by atoms with E-state index in [9.17, 15) is 14.4 Å². The summed E-state index contributed by atoms with van der Waals surface area (Å²) in [6.07, 6.45) is 2.30. The Morgan fingerprint density at radius 3 is 2.56 bits per heavy atom. The van der Waals surface area contributed by atoms with Crippen molar-refractivity contribution in [1.29, 1.82) is 0 Å². The van der Waals surface area contributed by atoms with Crippen LogP contribution in [0.2, 0.25) is 0 Å². The van der Waals surface area contributed by atoms with Crippen LogP contribution in [0.25, 0.3) is 0 Å². The minimum Gasteiger partial charge on any atom is -0.379 e. The molecule has 1 amide bonds. The van der Waals surface area contributed by atoms with Crippen molar-refractivity contribution in [2.24, 2.45) is 0 Å². The highest BCUT2D eigenvalue weighted by Crippen LogP contribution is 2.24. The molecule has 1 saturated heterocycles. The predicted octanol–water partition coefficient (Wildman–Crippen LogP) is 1.94. The van der Waals surface area contributed by atoms with E-state index in [1.54, 1.807) is 0 Å². The number of benzene rings is 1. The van der Waals surface area contributed by atoms with Crippen LogP contribution < -0.4 is 26.4 Å². The summed E-state index contributed by atoms with van der Waals surface area (Å²) in [4.78, 5) is 37.7. The molecular weight excluding hydrogens is 318 g/mol. The number of aryl methyl sites for hydroxylation is 1. The van der Waals surface area contributed by atoms with E-state index in [2.05, 4.69) is 10.6 Å². The van der Waals surface area contributed by atoms with Crippen molar-refractivity contribution in [2.75, 3.05) is 35.2 Å². The first-order chi connectivity index (χ1) is 12.0. The molecular formula is C19H23N3O3. The van der Waals surface area contributed by atoms with Gasteiger partial charge in [-0.3, -0.25) is 14.4 Å². The minimum absolute atomic E-state index is 0.123. The van der Waals surface area contributed by atoms with E-state index < -0.39 is 10.9 Å². The van der Waals surface area contributed by atoms with Crippen molar-refractivity contribution in [3.63, 3.8) is 0 Å². The highest BCUT2D eigenvalue weighted by Gasteiger charge is 2.27. The fourth-order valence-electron chi connectivity index (χ4n) is 3.19. The van der Waals surface area contributed by atoms with Gasteiger partial charge in [0.1, 0.15) is 11.4 Å². The van der Waals surface area contributed by atoms with E-state index in [-0.39, 0.29) is 12.3 Å². The fourth-order valence-corrected chi connectivity index (χ4v) is 3.19. The zero-order chi connectivity index (χ0) is 18.0. The first-order valence-electron chi connectivity index (χ1n) is 8.67. The zero-order valence-electron chi connectivity index (χ0n) is 14.6. The Hall–Kier alpha value is -2.63. The number of hydrogen-bond acceptors (Lipinski definition) is 5. The average Bonchev–Trinajstić information content (AvgIpc) is 3.11. The number of nitrogens with zero attached hydrogens (tertiary/aromatic N) is 1. The maximum Gasteiger partial charge on any atom is 0.253 e. The number of anilines is 3. The molecule has 1 fully saturated rings. The Morgan fingerprint density at radius 2 is 1.84 bits per heavy atom. The third-order valence-corrected chi connectivity index (χ3v) is 4.84. The smallest absolute Gasteiger partial charge is 0.253 e. The van der Waals surface area contributed by atoms with Gasteiger partial charge in [-0.2, -0.15) is 0 Å². The maximum absolute atomic E-state index is 12.1. The molecule has 1 aliphatic heterocycles. The van der Waals surface area contributed by atoms with Gasteiger partial charge in [-0.05, 0) is 43.9 Å². The molecule has 6 heteroatoms. The van der Waals surface area contributed by atoms with Crippen LogP contribution in [0.4, 0.5) is 17.1 Å². The van der Waals surface area contributed by atoms with E-state index in [4.69, 9.17) is 0 Å². The van der Waals surface area contributed by atoms with Crippen molar-refractivity contribution in [3.8, 4) is 0 Å². The molecule has 2 aromatic carbocycles. The topological polar surface area (TPSA) is 78.5 Å². The first-order valence-corrected chi connectivity index (χ1v) is 8.67. The second-order valence-corrected chi connectivity index (χ2v) is 6.55. The molecule has 132 valence electrons. The molecule has 0 saturated carbocycles. The first kappa shape index (κ1) is 17.2. The van der Waals surface area contributed by atoms with Gasteiger partial charge < -0.3 is 15.5 Å². The maximum atomic E-state index is 12.1. The normalized spacial score (nSPS) is 14.1. The molecule has 0 aromatic heterocycles. The Kier molecular flexibility index (Phi) is 4.88. The zero-order valence-corrected chi connectivity index (χ0v) is 14.6. The molecule has 0 atom stereocenters. The number of carbonyl (C=O) groups excluding carboxylic acids is 1. The lowest BCUT2D eigenvalue weighted by Crippen LogP contribution is -2.42. The summed E-state index contributed by atoms with van der Waals surface area (Å²) in [5.41, 5.74) is 2.94. The van der Waals surface area contributed by atoms with Gasteiger partial charge in [-0.25, -0.2) is 0 Å². The van der Waals surface area contributed by atoms with E-state index in [1.165, 1.54) is 0 Å². The molecule has 0 aliphatic carbocycles. The Bertz CT molecular complexity index is 859. The number of rotatable bonds is 6. The van der Waals surface area contributed by atoms with E-state index in [1.807, 2.05) is 36.9 Å². The lowest BCUT2D eigenvalue weighted by molar-refractivity contribution is -0.115. The van der Waals surface area contributed by atoms with Crippen LogP contribution in [0.3, 0.4) is 0 Å². The van der Waals surface area contributed by atoms with E-state index >= 15 is 0 Å². The highest BCUT2D eigenvalue weighted by atomic mass is 16.2. The molecule has 1 heterocycles. The highest BCUT2D eigenvalue weighted by molar-refractivity contribution is 5.92. The van der Waals surface area contributed by atoms with Crippen LogP contribution in [-0.4, -0.2) is 25.5 Å². The molecule has 0 spiro atoms. The Labute approximate surface area is 146 Å². The van der Waals surface area contributed by atoms with Crippen LogP contribution in [0.15, 0.2) is 27.8 Å². The van der Waals surface area contributed by atoms with Gasteiger partial charge in [0, 0.05) is 31.7 Å². The number of hydrogen-bond donors (Lipinski definition) is 2. The standard InChI is InChI=1S/C19H23N3O3/c1-12-6-5-7-14(13(12)2)21-15(23)8-9-20-16-17(19(25)18(16)24)22-10-3-4-11-22/h5-7,20H,3-4,8-11H2,1-2H3,(H,21,23). The van der Waals surface area contributed by atoms with Gasteiger partial charge in [0.15, 0.2) is 0 Å². The number of nitrogens with one attached hydrogen (secondary N) is 2. The minimum atomic E-state index is -0.475. The van der Waals surface area contributed by atoms with Gasteiger partial charge in [-0.15, -0.1) is 0 Å². The fraction of sp³-hybridized carbons (Fsp3) is 0.421. The molecule has 1 aliphatic rings. The molecule has 0 bridgehead atoms. The number of amides is 1. The summed E-state index contributed by atoms with van der Waals surface area (Å²) in [6, 6.07) is 5.77. The molecule has 0 unspecified atom stereocenters. The Balaban J connectivity index is 1.56. The van der Waals surface area contributed by atoms with Gasteiger partial charge in [0.2, 0.25) is 5.91 Å². The van der Waals surface area contributed by atoms with E-state index in [0.717, 1.165) is 42.7 Å². The lowest BCUT2D eigenvalue weighted by atomic mass is 10.1. The lowest BCUT2D eigenvalue weighted by Gasteiger charge is -2.22. The van der Waals surface area contributed by atoms with Crippen LogP contribution in [-0.2, 0) is 4.79 Å². The summed E-state index contributed by atoms with van der Waals surface area (Å²) < 4.78 is 0. The van der Waals surface area contributed by atoms with Crippen molar-refractivity contribution >= 4 is 23.0 Å². The third-order valence-electron chi connectivity index (χ3n) is 4.84. The summed E-state index contributed by atoms with van der Waals surface area (Å²) >= 11 is 0. The van der Waals surface area contributed by atoms with Crippen molar-refractivity contribution in [1.82, 2.24) is 0 Å². The summed E-state index contributed by atoms with van der Waals surface area (Å²) in [6.45, 7) is 5.91. The van der Waals surface area contributed by atoms with Crippen molar-refractivity contribution < 1.29 is 4.79 Å². The molecule has 6 nitrogen and oxygen atoms in total. The largest absolute Gasteiger partial charge is 0.379 e. The molecule has 3 rings (SSSR count). The molecule has 0 radical (unpaired) electrons. The monoisotopic (exact) mass is 341 g/mol. The number of carbonyl (C=O) groups is 1. The van der Waals surface area contributed by atoms with Gasteiger partial charge in [0.05, 0.1) is 0 Å². The predicted molar refractivity (Wildman–Crippen MR) is 100 cm³/mol.